The molecule has 144 valence electrons. The van der Waals surface area contributed by atoms with Gasteiger partial charge in [-0.3, -0.25) is 14.7 Å². The largest absolute Gasteiger partial charge is 0.497 e. The second-order valence-electron chi connectivity index (χ2n) is 7.83. The van der Waals surface area contributed by atoms with Gasteiger partial charge in [0.2, 0.25) is 0 Å². The minimum Gasteiger partial charge on any atom is -0.497 e. The molecule has 27 heavy (non-hydrogen) atoms. The quantitative estimate of drug-likeness (QED) is 0.748. The molecule has 5 unspecified atom stereocenters. The van der Waals surface area contributed by atoms with E-state index in [0.717, 1.165) is 53.6 Å². The van der Waals surface area contributed by atoms with Crippen LogP contribution in [0.25, 0.3) is 10.9 Å². The Morgan fingerprint density at radius 3 is 2.89 bits per heavy atom. The second-order valence-corrected chi connectivity index (χ2v) is 7.83. The third-order valence-corrected chi connectivity index (χ3v) is 6.39. The summed E-state index contributed by atoms with van der Waals surface area (Å²) in [5.74, 6) is 2.05. The van der Waals surface area contributed by atoms with Gasteiger partial charge in [0.25, 0.3) is 0 Å². The number of hydrogen-bond donors (Lipinski definition) is 0. The molecule has 5 atom stereocenters. The molecule has 0 N–H and O–H groups in total. The van der Waals surface area contributed by atoms with E-state index < -0.39 is 0 Å². The predicted octanol–water partition coefficient (Wildman–Crippen LogP) is 3.97. The molecule has 3 aliphatic rings. The summed E-state index contributed by atoms with van der Waals surface area (Å²) in [6.07, 6.45) is 5.10. The van der Waals surface area contributed by atoms with E-state index in [-0.39, 0.29) is 18.1 Å². The van der Waals surface area contributed by atoms with E-state index in [1.807, 2.05) is 30.5 Å². The standard InChI is InChI=1S/C22H28N2O3/c1-4-15-13-24-10-8-16(15)11-21(24)22(27-14(2)25)18-7-9-23-20-6-5-17(26-3)12-19(18)20/h5-7,9,12,15-16,21-22H,4,8,10-11,13H2,1-3H3. The first-order valence-corrected chi connectivity index (χ1v) is 9.94. The highest BCUT2D eigenvalue weighted by molar-refractivity contribution is 5.84. The number of pyridine rings is 1. The lowest BCUT2D eigenvalue weighted by Crippen LogP contribution is -2.55. The van der Waals surface area contributed by atoms with Gasteiger partial charge in [0.15, 0.2) is 0 Å². The van der Waals surface area contributed by atoms with Crippen LogP contribution in [0.2, 0.25) is 0 Å². The third-order valence-electron chi connectivity index (χ3n) is 6.39. The third kappa shape index (κ3) is 3.41. The molecule has 3 aliphatic heterocycles. The van der Waals surface area contributed by atoms with Gasteiger partial charge in [-0.15, -0.1) is 0 Å². The molecule has 4 heterocycles. The molecule has 5 rings (SSSR count). The Bertz CT molecular complexity index is 837. The maximum atomic E-state index is 12.0. The van der Waals surface area contributed by atoms with Crippen LogP contribution in [-0.2, 0) is 9.53 Å². The van der Waals surface area contributed by atoms with E-state index in [4.69, 9.17) is 9.47 Å². The average molecular weight is 368 g/mol. The van der Waals surface area contributed by atoms with Gasteiger partial charge in [0.1, 0.15) is 11.9 Å². The van der Waals surface area contributed by atoms with Crippen LogP contribution in [0.1, 0.15) is 44.8 Å². The Hall–Kier alpha value is -2.14. The summed E-state index contributed by atoms with van der Waals surface area (Å²) in [6.45, 7) is 5.99. The van der Waals surface area contributed by atoms with Crippen molar-refractivity contribution in [1.29, 1.82) is 0 Å². The molecular weight excluding hydrogens is 340 g/mol. The van der Waals surface area contributed by atoms with E-state index in [1.165, 1.54) is 19.8 Å². The summed E-state index contributed by atoms with van der Waals surface area (Å²) >= 11 is 0. The van der Waals surface area contributed by atoms with Crippen LogP contribution in [0.5, 0.6) is 5.75 Å². The van der Waals surface area contributed by atoms with Crippen LogP contribution in [0.3, 0.4) is 0 Å². The molecule has 5 nitrogen and oxygen atoms in total. The molecule has 0 aliphatic carbocycles. The predicted molar refractivity (Wildman–Crippen MR) is 105 cm³/mol. The summed E-state index contributed by atoms with van der Waals surface area (Å²) in [5.41, 5.74) is 1.92. The zero-order valence-corrected chi connectivity index (χ0v) is 16.4. The number of esters is 1. The first kappa shape index (κ1) is 18.2. The van der Waals surface area contributed by atoms with E-state index in [2.05, 4.69) is 16.8 Å². The number of ether oxygens (including phenoxy) is 2. The van der Waals surface area contributed by atoms with Crippen molar-refractivity contribution >= 4 is 16.9 Å². The number of carbonyl (C=O) groups excluding carboxylic acids is 1. The maximum absolute atomic E-state index is 12.0. The van der Waals surface area contributed by atoms with Crippen LogP contribution in [0.15, 0.2) is 30.5 Å². The number of hydrogen-bond acceptors (Lipinski definition) is 5. The lowest BCUT2D eigenvalue weighted by Gasteiger charge is -2.51. The molecule has 0 spiro atoms. The van der Waals surface area contributed by atoms with Gasteiger partial charge in [-0.05, 0) is 55.5 Å². The molecule has 0 saturated carbocycles. The van der Waals surface area contributed by atoms with Gasteiger partial charge >= 0.3 is 5.97 Å². The topological polar surface area (TPSA) is 51.7 Å². The Balaban J connectivity index is 1.75. The van der Waals surface area contributed by atoms with Crippen molar-refractivity contribution in [2.75, 3.05) is 20.2 Å². The fourth-order valence-corrected chi connectivity index (χ4v) is 5.01. The smallest absolute Gasteiger partial charge is 0.303 e. The maximum Gasteiger partial charge on any atom is 0.303 e. The van der Waals surface area contributed by atoms with Crippen molar-refractivity contribution < 1.29 is 14.3 Å². The van der Waals surface area contributed by atoms with Crippen molar-refractivity contribution in [3.8, 4) is 5.75 Å². The molecule has 1 aromatic heterocycles. The molecule has 2 bridgehead atoms. The van der Waals surface area contributed by atoms with Gasteiger partial charge in [0.05, 0.1) is 18.7 Å². The fraction of sp³-hybridized carbons (Fsp3) is 0.545. The summed E-state index contributed by atoms with van der Waals surface area (Å²) in [7, 11) is 1.66. The SMILES string of the molecule is CCC1CN2CCC1CC2C(OC(C)=O)c1ccnc2ccc(OC)cc12. The van der Waals surface area contributed by atoms with Gasteiger partial charge in [0, 0.05) is 30.6 Å². The van der Waals surface area contributed by atoms with Crippen LogP contribution >= 0.6 is 0 Å². The number of piperidine rings is 3. The monoisotopic (exact) mass is 368 g/mol. The van der Waals surface area contributed by atoms with Gasteiger partial charge in [-0.2, -0.15) is 0 Å². The molecule has 0 amide bonds. The summed E-state index contributed by atoms with van der Waals surface area (Å²) in [6, 6.07) is 8.10. The highest BCUT2D eigenvalue weighted by Gasteiger charge is 2.44. The number of aromatic nitrogens is 1. The molecule has 5 heteroatoms. The number of methoxy groups -OCH3 is 1. The van der Waals surface area contributed by atoms with E-state index in [1.54, 1.807) is 7.11 Å². The van der Waals surface area contributed by atoms with Crippen molar-refractivity contribution in [2.45, 2.75) is 45.3 Å². The molecular formula is C22H28N2O3. The number of rotatable bonds is 5. The molecule has 3 saturated heterocycles. The van der Waals surface area contributed by atoms with Gasteiger partial charge in [-0.25, -0.2) is 0 Å². The fourth-order valence-electron chi connectivity index (χ4n) is 5.01. The van der Waals surface area contributed by atoms with Gasteiger partial charge in [-0.1, -0.05) is 13.3 Å². The average Bonchev–Trinajstić information content (AvgIpc) is 2.71. The highest BCUT2D eigenvalue weighted by atomic mass is 16.5. The lowest BCUT2D eigenvalue weighted by atomic mass is 9.72. The minimum atomic E-state index is -0.277. The van der Waals surface area contributed by atoms with Crippen molar-refractivity contribution in [3.63, 3.8) is 0 Å². The zero-order valence-electron chi connectivity index (χ0n) is 16.4. The van der Waals surface area contributed by atoms with Crippen LogP contribution in [-0.4, -0.2) is 42.1 Å². The Morgan fingerprint density at radius 1 is 1.37 bits per heavy atom. The zero-order chi connectivity index (χ0) is 19.0. The molecule has 2 aromatic rings. The second kappa shape index (κ2) is 7.47. The molecule has 1 aromatic carbocycles. The molecule has 3 fully saturated rings. The summed E-state index contributed by atoms with van der Waals surface area (Å²) in [4.78, 5) is 19.0. The number of fused-ring (bicyclic) bond motifs is 4. The van der Waals surface area contributed by atoms with E-state index >= 15 is 0 Å². The van der Waals surface area contributed by atoms with Gasteiger partial charge < -0.3 is 9.47 Å². The normalized spacial score (nSPS) is 28.1. The first-order valence-electron chi connectivity index (χ1n) is 9.94. The Kier molecular flexibility index (Phi) is 5.04. The Morgan fingerprint density at radius 2 is 2.22 bits per heavy atom. The Labute approximate surface area is 160 Å². The number of carbonyl (C=O) groups is 1. The summed E-state index contributed by atoms with van der Waals surface area (Å²) in [5, 5.41) is 0.998. The van der Waals surface area contributed by atoms with E-state index in [0.29, 0.717) is 0 Å². The van der Waals surface area contributed by atoms with Crippen LogP contribution in [0, 0.1) is 11.8 Å². The van der Waals surface area contributed by atoms with E-state index in [9.17, 15) is 4.79 Å². The van der Waals surface area contributed by atoms with Crippen LogP contribution in [0.4, 0.5) is 0 Å². The minimum absolute atomic E-state index is 0.229. The van der Waals surface area contributed by atoms with Crippen LogP contribution < -0.4 is 4.74 Å². The highest BCUT2D eigenvalue weighted by Crippen LogP contribution is 2.44. The van der Waals surface area contributed by atoms with Crippen molar-refractivity contribution in [1.82, 2.24) is 9.88 Å². The first-order chi connectivity index (χ1) is 13.1. The number of benzene rings is 1. The lowest BCUT2D eigenvalue weighted by molar-refractivity contribution is -0.155. The van der Waals surface area contributed by atoms with Crippen molar-refractivity contribution in [3.05, 3.63) is 36.0 Å². The van der Waals surface area contributed by atoms with Crippen molar-refractivity contribution in [2.24, 2.45) is 11.8 Å². The summed E-state index contributed by atoms with van der Waals surface area (Å²) < 4.78 is 11.3. The number of nitrogens with zero attached hydrogens (tertiary/aromatic N) is 2. The molecule has 0 radical (unpaired) electrons.